The Morgan fingerprint density at radius 1 is 1.29 bits per heavy atom. The number of carbonyl (C=O) groups is 3. The Morgan fingerprint density at radius 3 is 2.54 bits per heavy atom. The molecule has 0 saturated heterocycles. The molecule has 0 unspecified atom stereocenters. The molecule has 2 bridgehead atoms. The van der Waals surface area contributed by atoms with Crippen LogP contribution in [-0.2, 0) is 20.8 Å². The van der Waals surface area contributed by atoms with Crippen LogP contribution in [0.5, 0.6) is 5.75 Å². The number of hydrogen-bond acceptors (Lipinski definition) is 5. The maximum atomic E-state index is 13.0. The summed E-state index contributed by atoms with van der Waals surface area (Å²) in [7, 11) is 0. The molecular formula is C20H28N2O6. The van der Waals surface area contributed by atoms with Crippen LogP contribution in [0.2, 0.25) is 0 Å². The number of hydrogen-bond donors (Lipinski definition) is 4. The highest BCUT2D eigenvalue weighted by Gasteiger charge is 2.35. The van der Waals surface area contributed by atoms with Gasteiger partial charge in [0.25, 0.3) is 0 Å². The molecule has 3 atom stereocenters. The zero-order valence-corrected chi connectivity index (χ0v) is 16.2. The van der Waals surface area contributed by atoms with Crippen LogP contribution in [-0.4, -0.2) is 40.7 Å². The van der Waals surface area contributed by atoms with E-state index in [1.54, 1.807) is 29.7 Å². The van der Waals surface area contributed by atoms with Crippen molar-refractivity contribution < 1.29 is 29.4 Å². The third-order valence-corrected chi connectivity index (χ3v) is 4.90. The van der Waals surface area contributed by atoms with Crippen molar-refractivity contribution in [2.75, 3.05) is 6.61 Å². The Bertz CT molecular complexity index is 688. The SMILES string of the molecule is CC(C)C[C@H]1C(=O)N[C@H](C(=O)O)Cc2ccc(cc2)OCCC[C@@H]1C(=O)NO. The summed E-state index contributed by atoms with van der Waals surface area (Å²) in [6.45, 7) is 4.21. The predicted octanol–water partition coefficient (Wildman–Crippen LogP) is 1.75. The highest BCUT2D eigenvalue weighted by molar-refractivity contribution is 5.89. The molecule has 2 amide bonds. The fraction of sp³-hybridized carbons (Fsp3) is 0.550. The van der Waals surface area contributed by atoms with E-state index in [2.05, 4.69) is 5.32 Å². The molecule has 1 aromatic carbocycles. The molecule has 8 nitrogen and oxygen atoms in total. The molecule has 0 spiro atoms. The molecule has 3 rings (SSSR count). The number of rotatable bonds is 4. The second kappa shape index (κ2) is 10.1. The van der Waals surface area contributed by atoms with Crippen molar-refractivity contribution in [3.8, 4) is 5.75 Å². The lowest BCUT2D eigenvalue weighted by atomic mass is 9.81. The summed E-state index contributed by atoms with van der Waals surface area (Å²) < 4.78 is 5.67. The van der Waals surface area contributed by atoms with Gasteiger partial charge in [-0.05, 0) is 42.9 Å². The summed E-state index contributed by atoms with van der Waals surface area (Å²) in [5.41, 5.74) is 2.40. The van der Waals surface area contributed by atoms with Gasteiger partial charge in [0, 0.05) is 12.3 Å². The fourth-order valence-electron chi connectivity index (χ4n) is 3.49. The largest absolute Gasteiger partial charge is 0.494 e. The highest BCUT2D eigenvalue weighted by Crippen LogP contribution is 2.26. The standard InChI is InChI=1S/C20H28N2O6/c1-12(2)10-16-15(19(24)22-27)4-3-9-28-14-7-5-13(6-8-14)11-17(20(25)26)21-18(16)23/h5-8,12,15-17,27H,3-4,9-11H2,1-2H3,(H,21,23)(H,22,24)(H,25,26)/t15-,16+,17-/m0/s1. The van der Waals surface area contributed by atoms with Gasteiger partial charge in [0.15, 0.2) is 0 Å². The van der Waals surface area contributed by atoms with E-state index in [1.165, 1.54) is 0 Å². The molecule has 154 valence electrons. The molecule has 0 aliphatic carbocycles. The Hall–Kier alpha value is -2.61. The Balaban J connectivity index is 2.36. The quantitative estimate of drug-likeness (QED) is 0.457. The summed E-state index contributed by atoms with van der Waals surface area (Å²) >= 11 is 0. The second-order valence-corrected chi connectivity index (χ2v) is 7.56. The average Bonchev–Trinajstić information content (AvgIpc) is 2.65. The molecule has 0 aromatic heterocycles. The van der Waals surface area contributed by atoms with Crippen molar-refractivity contribution in [3.63, 3.8) is 0 Å². The van der Waals surface area contributed by atoms with E-state index in [0.29, 0.717) is 31.6 Å². The van der Waals surface area contributed by atoms with Crippen molar-refractivity contribution in [2.24, 2.45) is 17.8 Å². The third kappa shape index (κ3) is 5.95. The van der Waals surface area contributed by atoms with Crippen LogP contribution in [0.4, 0.5) is 0 Å². The molecule has 1 aromatic rings. The van der Waals surface area contributed by atoms with Gasteiger partial charge in [-0.25, -0.2) is 10.3 Å². The Morgan fingerprint density at radius 2 is 1.96 bits per heavy atom. The van der Waals surface area contributed by atoms with E-state index in [1.807, 2.05) is 13.8 Å². The number of aliphatic carboxylic acids is 1. The summed E-state index contributed by atoms with van der Waals surface area (Å²) in [5.74, 6) is -3.07. The van der Waals surface area contributed by atoms with Gasteiger partial charge in [0.05, 0.1) is 12.5 Å². The number of carbonyl (C=O) groups excluding carboxylic acids is 2. The first-order chi connectivity index (χ1) is 13.3. The zero-order valence-electron chi connectivity index (χ0n) is 16.2. The number of nitrogens with one attached hydrogen (secondary N) is 2. The van der Waals surface area contributed by atoms with Crippen LogP contribution in [0, 0.1) is 17.8 Å². The maximum absolute atomic E-state index is 13.0. The van der Waals surface area contributed by atoms with Crippen LogP contribution in [0.3, 0.4) is 0 Å². The van der Waals surface area contributed by atoms with Gasteiger partial charge >= 0.3 is 5.97 Å². The van der Waals surface area contributed by atoms with E-state index in [0.717, 1.165) is 5.56 Å². The molecule has 8 heteroatoms. The van der Waals surface area contributed by atoms with Gasteiger partial charge in [0.1, 0.15) is 11.8 Å². The van der Waals surface area contributed by atoms with Gasteiger partial charge in [-0.2, -0.15) is 0 Å². The Labute approximate surface area is 164 Å². The van der Waals surface area contributed by atoms with E-state index in [4.69, 9.17) is 9.94 Å². The number of ether oxygens (including phenoxy) is 1. The summed E-state index contributed by atoms with van der Waals surface area (Å²) in [6.07, 6.45) is 1.34. The monoisotopic (exact) mass is 392 g/mol. The Kier molecular flexibility index (Phi) is 7.80. The lowest BCUT2D eigenvalue weighted by Gasteiger charge is -2.28. The van der Waals surface area contributed by atoms with Crippen LogP contribution in [0.15, 0.2) is 24.3 Å². The molecule has 4 N–H and O–H groups in total. The van der Waals surface area contributed by atoms with E-state index in [9.17, 15) is 19.5 Å². The summed E-state index contributed by atoms with van der Waals surface area (Å²) in [4.78, 5) is 36.9. The molecule has 2 heterocycles. The number of amides is 2. The first-order valence-corrected chi connectivity index (χ1v) is 9.50. The van der Waals surface area contributed by atoms with Gasteiger partial charge in [0.2, 0.25) is 11.8 Å². The van der Waals surface area contributed by atoms with Crippen molar-refractivity contribution in [3.05, 3.63) is 29.8 Å². The molecule has 28 heavy (non-hydrogen) atoms. The molecule has 2 aliphatic heterocycles. The topological polar surface area (TPSA) is 125 Å². The number of carboxylic acids is 1. The van der Waals surface area contributed by atoms with Gasteiger partial charge < -0.3 is 15.2 Å². The lowest BCUT2D eigenvalue weighted by Crippen LogP contribution is -2.48. The molecule has 0 fully saturated rings. The first-order valence-electron chi connectivity index (χ1n) is 9.50. The maximum Gasteiger partial charge on any atom is 0.326 e. The van der Waals surface area contributed by atoms with Crippen LogP contribution in [0.1, 0.15) is 38.7 Å². The van der Waals surface area contributed by atoms with Crippen molar-refractivity contribution in [1.82, 2.24) is 10.8 Å². The van der Waals surface area contributed by atoms with Crippen molar-refractivity contribution in [1.29, 1.82) is 0 Å². The van der Waals surface area contributed by atoms with Gasteiger partial charge in [-0.3, -0.25) is 14.8 Å². The lowest BCUT2D eigenvalue weighted by molar-refractivity contribution is -0.145. The number of hydroxylamine groups is 1. The van der Waals surface area contributed by atoms with Crippen molar-refractivity contribution >= 4 is 17.8 Å². The molecule has 0 radical (unpaired) electrons. The average molecular weight is 392 g/mol. The highest BCUT2D eigenvalue weighted by atomic mass is 16.5. The predicted molar refractivity (Wildman–Crippen MR) is 101 cm³/mol. The number of carboxylic acid groups (broad SMARTS) is 1. The van der Waals surface area contributed by atoms with E-state index in [-0.39, 0.29) is 12.3 Å². The molecular weight excluding hydrogens is 364 g/mol. The van der Waals surface area contributed by atoms with E-state index < -0.39 is 35.7 Å². The first kappa shape index (κ1) is 21.7. The van der Waals surface area contributed by atoms with Gasteiger partial charge in [-0.1, -0.05) is 26.0 Å². The van der Waals surface area contributed by atoms with Gasteiger partial charge in [-0.15, -0.1) is 0 Å². The zero-order chi connectivity index (χ0) is 20.7. The fourth-order valence-corrected chi connectivity index (χ4v) is 3.49. The second-order valence-electron chi connectivity index (χ2n) is 7.56. The minimum Gasteiger partial charge on any atom is -0.494 e. The van der Waals surface area contributed by atoms with Crippen LogP contribution >= 0.6 is 0 Å². The third-order valence-electron chi connectivity index (χ3n) is 4.90. The molecule has 0 saturated carbocycles. The van der Waals surface area contributed by atoms with Crippen LogP contribution in [0.25, 0.3) is 0 Å². The number of fused-ring (bicyclic) bond motifs is 11. The number of benzene rings is 1. The van der Waals surface area contributed by atoms with Crippen LogP contribution < -0.4 is 15.5 Å². The smallest absolute Gasteiger partial charge is 0.326 e. The van der Waals surface area contributed by atoms with E-state index >= 15 is 0 Å². The minimum atomic E-state index is -1.15. The van der Waals surface area contributed by atoms with Crippen molar-refractivity contribution in [2.45, 2.75) is 45.6 Å². The normalized spacial score (nSPS) is 23.4. The minimum absolute atomic E-state index is 0.106. The summed E-state index contributed by atoms with van der Waals surface area (Å²) in [6, 6.07) is 5.94. The summed E-state index contributed by atoms with van der Waals surface area (Å²) in [5, 5.41) is 21.3. The molecule has 2 aliphatic rings.